The molecule has 1 fully saturated rings. The predicted octanol–water partition coefficient (Wildman–Crippen LogP) is 2.10. The highest BCUT2D eigenvalue weighted by Crippen LogP contribution is 2.23. The van der Waals surface area contributed by atoms with Crippen molar-refractivity contribution in [1.82, 2.24) is 10.1 Å². The zero-order valence-electron chi connectivity index (χ0n) is 10.1. The van der Waals surface area contributed by atoms with E-state index in [-0.39, 0.29) is 5.91 Å². The van der Waals surface area contributed by atoms with Crippen molar-refractivity contribution in [3.05, 3.63) is 17.5 Å². The van der Waals surface area contributed by atoms with Crippen LogP contribution in [0.1, 0.15) is 36.4 Å². The van der Waals surface area contributed by atoms with Crippen molar-refractivity contribution in [2.45, 2.75) is 27.2 Å². The van der Waals surface area contributed by atoms with Crippen molar-refractivity contribution in [2.75, 3.05) is 13.1 Å². The van der Waals surface area contributed by atoms with Crippen molar-refractivity contribution in [2.24, 2.45) is 11.8 Å². The maximum Gasteiger partial charge on any atom is 0.259 e. The van der Waals surface area contributed by atoms with E-state index in [4.69, 9.17) is 4.52 Å². The first-order valence-corrected chi connectivity index (χ1v) is 5.78. The zero-order chi connectivity index (χ0) is 11.7. The minimum absolute atomic E-state index is 0.0529. The molecule has 0 N–H and O–H groups in total. The van der Waals surface area contributed by atoms with E-state index in [2.05, 4.69) is 19.0 Å². The van der Waals surface area contributed by atoms with Gasteiger partial charge in [0.2, 0.25) is 0 Å². The molecule has 1 amide bonds. The fourth-order valence-corrected chi connectivity index (χ4v) is 2.50. The largest absolute Gasteiger partial charge is 0.361 e. The zero-order valence-corrected chi connectivity index (χ0v) is 10.1. The summed E-state index contributed by atoms with van der Waals surface area (Å²) in [4.78, 5) is 14.1. The van der Waals surface area contributed by atoms with Gasteiger partial charge in [-0.1, -0.05) is 19.0 Å². The number of amides is 1. The van der Waals surface area contributed by atoms with Gasteiger partial charge in [0.05, 0.1) is 6.20 Å². The fraction of sp³-hybridized carbons (Fsp3) is 0.667. The van der Waals surface area contributed by atoms with Crippen molar-refractivity contribution >= 4 is 5.91 Å². The van der Waals surface area contributed by atoms with E-state index in [9.17, 15) is 4.79 Å². The molecule has 1 aliphatic heterocycles. The van der Waals surface area contributed by atoms with E-state index in [1.165, 1.54) is 12.6 Å². The summed E-state index contributed by atoms with van der Waals surface area (Å²) in [5.74, 6) is 1.81. The van der Waals surface area contributed by atoms with E-state index in [0.717, 1.165) is 13.1 Å². The Labute approximate surface area is 95.6 Å². The van der Waals surface area contributed by atoms with Crippen molar-refractivity contribution < 1.29 is 9.32 Å². The van der Waals surface area contributed by atoms with Gasteiger partial charge >= 0.3 is 0 Å². The number of hydrogen-bond acceptors (Lipinski definition) is 3. The number of aromatic nitrogens is 1. The Morgan fingerprint density at radius 3 is 2.56 bits per heavy atom. The lowest BCUT2D eigenvalue weighted by molar-refractivity contribution is 0.0621. The number of carbonyl (C=O) groups excluding carboxylic acids is 1. The first-order chi connectivity index (χ1) is 7.58. The lowest BCUT2D eigenvalue weighted by atomic mass is 9.91. The van der Waals surface area contributed by atoms with E-state index in [0.29, 0.717) is 23.2 Å². The Morgan fingerprint density at radius 2 is 2.06 bits per heavy atom. The van der Waals surface area contributed by atoms with Gasteiger partial charge in [-0.25, -0.2) is 0 Å². The number of piperidine rings is 1. The molecule has 2 rings (SSSR count). The molecule has 4 heteroatoms. The summed E-state index contributed by atoms with van der Waals surface area (Å²) in [5.41, 5.74) is 0.598. The lowest BCUT2D eigenvalue weighted by Gasteiger charge is -2.34. The molecule has 1 saturated heterocycles. The van der Waals surface area contributed by atoms with Crippen molar-refractivity contribution in [3.8, 4) is 0 Å². The van der Waals surface area contributed by atoms with Gasteiger partial charge in [0, 0.05) is 13.1 Å². The summed E-state index contributed by atoms with van der Waals surface area (Å²) in [6, 6.07) is 0. The molecule has 1 aliphatic rings. The molecular weight excluding hydrogens is 204 g/mol. The highest BCUT2D eigenvalue weighted by Gasteiger charge is 2.27. The Balaban J connectivity index is 2.13. The van der Waals surface area contributed by atoms with Crippen LogP contribution in [0.25, 0.3) is 0 Å². The first-order valence-electron chi connectivity index (χ1n) is 5.78. The topological polar surface area (TPSA) is 46.3 Å². The number of rotatable bonds is 1. The number of hydrogen-bond donors (Lipinski definition) is 0. The number of carbonyl (C=O) groups is 1. The van der Waals surface area contributed by atoms with Crippen LogP contribution in [0.5, 0.6) is 0 Å². The monoisotopic (exact) mass is 222 g/mol. The Kier molecular flexibility index (Phi) is 2.99. The normalized spacial score (nSPS) is 25.8. The third kappa shape index (κ3) is 2.10. The van der Waals surface area contributed by atoms with Gasteiger partial charge in [-0.05, 0) is 25.2 Å². The number of nitrogens with zero attached hydrogens (tertiary/aromatic N) is 2. The summed E-state index contributed by atoms with van der Waals surface area (Å²) >= 11 is 0. The molecule has 2 heterocycles. The van der Waals surface area contributed by atoms with E-state index >= 15 is 0 Å². The third-order valence-electron chi connectivity index (χ3n) is 3.14. The Hall–Kier alpha value is -1.32. The van der Waals surface area contributed by atoms with Crippen LogP contribution in [-0.2, 0) is 0 Å². The Morgan fingerprint density at radius 1 is 1.44 bits per heavy atom. The minimum atomic E-state index is 0.0529. The average molecular weight is 222 g/mol. The van der Waals surface area contributed by atoms with Gasteiger partial charge in [-0.3, -0.25) is 4.79 Å². The first kappa shape index (κ1) is 11.2. The third-order valence-corrected chi connectivity index (χ3v) is 3.14. The van der Waals surface area contributed by atoms with Crippen LogP contribution in [0.4, 0.5) is 0 Å². The van der Waals surface area contributed by atoms with Crippen molar-refractivity contribution in [1.29, 1.82) is 0 Å². The summed E-state index contributed by atoms with van der Waals surface area (Å²) in [7, 11) is 0. The molecule has 0 radical (unpaired) electrons. The van der Waals surface area contributed by atoms with Crippen LogP contribution in [0.15, 0.2) is 10.7 Å². The van der Waals surface area contributed by atoms with Crippen LogP contribution < -0.4 is 0 Å². The molecule has 0 saturated carbocycles. The van der Waals surface area contributed by atoms with Gasteiger partial charge in [-0.2, -0.15) is 0 Å². The quantitative estimate of drug-likeness (QED) is 0.731. The van der Waals surface area contributed by atoms with Gasteiger partial charge < -0.3 is 9.42 Å². The molecule has 2 atom stereocenters. The summed E-state index contributed by atoms with van der Waals surface area (Å²) in [6.07, 6.45) is 2.72. The molecule has 1 aromatic rings. The van der Waals surface area contributed by atoms with Gasteiger partial charge in [-0.15, -0.1) is 0 Å². The second-order valence-corrected chi connectivity index (χ2v) is 4.95. The van der Waals surface area contributed by atoms with Crippen LogP contribution >= 0.6 is 0 Å². The molecule has 0 aliphatic carbocycles. The molecule has 16 heavy (non-hydrogen) atoms. The van der Waals surface area contributed by atoms with Crippen LogP contribution in [0.3, 0.4) is 0 Å². The molecule has 0 aromatic carbocycles. The smallest absolute Gasteiger partial charge is 0.259 e. The Bertz CT molecular complexity index is 376. The molecule has 0 bridgehead atoms. The van der Waals surface area contributed by atoms with E-state index in [1.807, 2.05) is 4.90 Å². The summed E-state index contributed by atoms with van der Waals surface area (Å²) < 4.78 is 4.93. The highest BCUT2D eigenvalue weighted by molar-refractivity contribution is 5.94. The van der Waals surface area contributed by atoms with E-state index in [1.54, 1.807) is 6.92 Å². The summed E-state index contributed by atoms with van der Waals surface area (Å²) in [6.45, 7) is 7.84. The maximum absolute atomic E-state index is 12.2. The molecule has 4 nitrogen and oxygen atoms in total. The number of aryl methyl sites for hydroxylation is 1. The molecular formula is C12H18N2O2. The molecule has 88 valence electrons. The average Bonchev–Trinajstić information content (AvgIpc) is 2.62. The highest BCUT2D eigenvalue weighted by atomic mass is 16.5. The standard InChI is InChI=1S/C12H18N2O2/c1-8-4-9(2)7-14(6-8)12(15)11-5-13-16-10(11)3/h5,8-9H,4,6-7H2,1-3H3/t8-,9-/m1/s1. The van der Waals surface area contributed by atoms with Crippen LogP contribution in [0, 0.1) is 18.8 Å². The molecule has 1 aromatic heterocycles. The van der Waals surface area contributed by atoms with Crippen LogP contribution in [0.2, 0.25) is 0 Å². The second kappa shape index (κ2) is 4.28. The second-order valence-electron chi connectivity index (χ2n) is 4.95. The minimum Gasteiger partial charge on any atom is -0.361 e. The van der Waals surface area contributed by atoms with Gasteiger partial charge in [0.15, 0.2) is 0 Å². The molecule has 0 unspecified atom stereocenters. The maximum atomic E-state index is 12.2. The fourth-order valence-electron chi connectivity index (χ4n) is 2.50. The van der Waals surface area contributed by atoms with E-state index < -0.39 is 0 Å². The van der Waals surface area contributed by atoms with Gasteiger partial charge in [0.1, 0.15) is 11.3 Å². The predicted molar refractivity (Wildman–Crippen MR) is 60.1 cm³/mol. The summed E-state index contributed by atoms with van der Waals surface area (Å²) in [5, 5.41) is 3.65. The van der Waals surface area contributed by atoms with Crippen LogP contribution in [-0.4, -0.2) is 29.1 Å². The lowest BCUT2D eigenvalue weighted by Crippen LogP contribution is -2.42. The SMILES string of the molecule is Cc1oncc1C(=O)N1C[C@H](C)C[C@@H](C)C1. The number of likely N-dealkylation sites (tertiary alicyclic amines) is 1. The molecule has 0 spiro atoms. The van der Waals surface area contributed by atoms with Gasteiger partial charge in [0.25, 0.3) is 5.91 Å². The van der Waals surface area contributed by atoms with Crippen molar-refractivity contribution in [3.63, 3.8) is 0 Å².